The summed E-state index contributed by atoms with van der Waals surface area (Å²) < 4.78 is 0. The van der Waals surface area contributed by atoms with E-state index >= 15 is 0 Å². The molecule has 0 atom stereocenters. The molecule has 12 heavy (non-hydrogen) atoms. The van der Waals surface area contributed by atoms with E-state index in [0.29, 0.717) is 5.02 Å². The first kappa shape index (κ1) is 8.80. The number of hydrogen-bond acceptors (Lipinski definition) is 3. The predicted molar refractivity (Wildman–Crippen MR) is 43.8 cm³/mol. The van der Waals surface area contributed by atoms with Crippen LogP contribution in [0.15, 0.2) is 18.2 Å². The SMILES string of the molecule is O=[N+]([O-])Cc1cc(Cl)ccc1O. The van der Waals surface area contributed by atoms with E-state index in [1.54, 1.807) is 0 Å². The second-order valence-corrected chi connectivity index (χ2v) is 2.70. The summed E-state index contributed by atoms with van der Waals surface area (Å²) in [4.78, 5) is 9.56. The van der Waals surface area contributed by atoms with E-state index in [0.717, 1.165) is 0 Å². The molecule has 64 valence electrons. The van der Waals surface area contributed by atoms with Crippen LogP contribution in [0.4, 0.5) is 0 Å². The van der Waals surface area contributed by atoms with Crippen LogP contribution in [-0.2, 0) is 6.54 Å². The number of phenolic OH excluding ortho intramolecular Hbond substituents is 1. The first-order valence-electron chi connectivity index (χ1n) is 3.19. The van der Waals surface area contributed by atoms with Gasteiger partial charge in [0.1, 0.15) is 5.75 Å². The Bertz CT molecular complexity index is 314. The third kappa shape index (κ3) is 2.10. The summed E-state index contributed by atoms with van der Waals surface area (Å²) in [5.74, 6) is -0.101. The van der Waals surface area contributed by atoms with Crippen LogP contribution in [0.25, 0.3) is 0 Å². The summed E-state index contributed by atoms with van der Waals surface area (Å²) >= 11 is 5.57. The molecule has 1 N–H and O–H groups in total. The molecule has 0 aliphatic carbocycles. The van der Waals surface area contributed by atoms with Crippen molar-refractivity contribution in [3.05, 3.63) is 38.9 Å². The molecule has 0 saturated heterocycles. The highest BCUT2D eigenvalue weighted by Crippen LogP contribution is 2.21. The van der Waals surface area contributed by atoms with Crippen LogP contribution in [0.3, 0.4) is 0 Å². The Balaban J connectivity index is 2.97. The van der Waals surface area contributed by atoms with Crippen molar-refractivity contribution in [3.8, 4) is 5.75 Å². The van der Waals surface area contributed by atoms with Gasteiger partial charge in [0.05, 0.1) is 5.56 Å². The van der Waals surface area contributed by atoms with Gasteiger partial charge in [-0.3, -0.25) is 10.1 Å². The van der Waals surface area contributed by atoms with Gasteiger partial charge in [0, 0.05) is 9.95 Å². The van der Waals surface area contributed by atoms with Gasteiger partial charge in [0.25, 0.3) is 0 Å². The number of phenols is 1. The van der Waals surface area contributed by atoms with Crippen molar-refractivity contribution in [1.82, 2.24) is 0 Å². The molecule has 5 heteroatoms. The van der Waals surface area contributed by atoms with Crippen molar-refractivity contribution < 1.29 is 10.0 Å². The summed E-state index contributed by atoms with van der Waals surface area (Å²) in [6.45, 7) is -0.410. The van der Waals surface area contributed by atoms with E-state index in [-0.39, 0.29) is 11.3 Å². The van der Waals surface area contributed by atoms with Crippen LogP contribution in [-0.4, -0.2) is 10.0 Å². The van der Waals surface area contributed by atoms with Crippen LogP contribution >= 0.6 is 11.6 Å². The van der Waals surface area contributed by atoms with Gasteiger partial charge in [0.15, 0.2) is 0 Å². The lowest BCUT2D eigenvalue weighted by Gasteiger charge is -1.99. The third-order valence-electron chi connectivity index (χ3n) is 1.34. The highest BCUT2D eigenvalue weighted by Gasteiger charge is 2.07. The topological polar surface area (TPSA) is 63.4 Å². The van der Waals surface area contributed by atoms with Gasteiger partial charge in [-0.25, -0.2) is 0 Å². The van der Waals surface area contributed by atoms with Crippen LogP contribution in [0, 0.1) is 10.1 Å². The van der Waals surface area contributed by atoms with Crippen LogP contribution in [0.1, 0.15) is 5.56 Å². The van der Waals surface area contributed by atoms with E-state index in [4.69, 9.17) is 16.7 Å². The summed E-state index contributed by atoms with van der Waals surface area (Å²) in [7, 11) is 0. The summed E-state index contributed by atoms with van der Waals surface area (Å²) in [6, 6.07) is 4.18. The fourth-order valence-corrected chi connectivity index (χ4v) is 1.01. The smallest absolute Gasteiger partial charge is 0.232 e. The van der Waals surface area contributed by atoms with Gasteiger partial charge in [-0.2, -0.15) is 0 Å². The Hall–Kier alpha value is -1.29. The average molecular weight is 188 g/mol. The zero-order valence-electron chi connectivity index (χ0n) is 6.03. The first-order chi connectivity index (χ1) is 5.59. The molecule has 0 aliphatic heterocycles. The number of halogens is 1. The van der Waals surface area contributed by atoms with Gasteiger partial charge in [-0.05, 0) is 18.2 Å². The number of nitro groups is 1. The number of hydrogen-bond donors (Lipinski definition) is 1. The lowest BCUT2D eigenvalue weighted by molar-refractivity contribution is -0.496. The van der Waals surface area contributed by atoms with Crippen LogP contribution in [0.5, 0.6) is 5.75 Å². The Kier molecular flexibility index (Phi) is 2.50. The van der Waals surface area contributed by atoms with Gasteiger partial charge >= 0.3 is 0 Å². The predicted octanol–water partition coefficient (Wildman–Crippen LogP) is 1.82. The van der Waals surface area contributed by atoms with Crippen LogP contribution < -0.4 is 0 Å². The minimum absolute atomic E-state index is 0.101. The number of aromatic hydroxyl groups is 1. The first-order valence-corrected chi connectivity index (χ1v) is 3.56. The standard InChI is InChI=1S/C7H6ClNO3/c8-6-1-2-7(10)5(3-6)4-9(11)12/h1-3,10H,4H2. The fourth-order valence-electron chi connectivity index (χ4n) is 0.820. The van der Waals surface area contributed by atoms with Gasteiger partial charge in [-0.15, -0.1) is 0 Å². The largest absolute Gasteiger partial charge is 0.507 e. The minimum Gasteiger partial charge on any atom is -0.507 e. The normalized spacial score (nSPS) is 9.75. The fraction of sp³-hybridized carbons (Fsp3) is 0.143. The molecule has 4 nitrogen and oxygen atoms in total. The molecule has 0 radical (unpaired) electrons. The lowest BCUT2D eigenvalue weighted by Crippen LogP contribution is -1.98. The lowest BCUT2D eigenvalue weighted by atomic mass is 10.2. The van der Waals surface area contributed by atoms with Crippen molar-refractivity contribution in [1.29, 1.82) is 0 Å². The molecule has 1 aromatic rings. The third-order valence-corrected chi connectivity index (χ3v) is 1.58. The van der Waals surface area contributed by atoms with E-state index in [1.807, 2.05) is 0 Å². The molecule has 0 heterocycles. The van der Waals surface area contributed by atoms with E-state index < -0.39 is 11.5 Å². The van der Waals surface area contributed by atoms with Gasteiger partial charge in [-0.1, -0.05) is 11.6 Å². The molecular formula is C7H6ClNO3. The van der Waals surface area contributed by atoms with Gasteiger partial charge < -0.3 is 5.11 Å². The molecule has 1 rings (SSSR count). The van der Waals surface area contributed by atoms with Crippen molar-refractivity contribution in [2.45, 2.75) is 6.54 Å². The maximum atomic E-state index is 10.1. The Morgan fingerprint density at radius 1 is 1.58 bits per heavy atom. The van der Waals surface area contributed by atoms with Crippen LogP contribution in [0.2, 0.25) is 5.02 Å². The zero-order valence-corrected chi connectivity index (χ0v) is 6.78. The van der Waals surface area contributed by atoms with E-state index in [2.05, 4.69) is 0 Å². The quantitative estimate of drug-likeness (QED) is 0.568. The average Bonchev–Trinajstić information content (AvgIpc) is 1.96. The second-order valence-electron chi connectivity index (χ2n) is 2.26. The van der Waals surface area contributed by atoms with Crippen molar-refractivity contribution in [2.24, 2.45) is 0 Å². The molecule has 0 spiro atoms. The highest BCUT2D eigenvalue weighted by molar-refractivity contribution is 6.30. The molecule has 0 fully saturated rings. The molecule has 0 aromatic heterocycles. The maximum absolute atomic E-state index is 10.1. The Labute approximate surface area is 73.5 Å². The van der Waals surface area contributed by atoms with Gasteiger partial charge in [0.2, 0.25) is 6.54 Å². The molecular weight excluding hydrogens is 182 g/mol. The minimum atomic E-state index is -0.522. The van der Waals surface area contributed by atoms with E-state index in [1.165, 1.54) is 18.2 Å². The monoisotopic (exact) mass is 187 g/mol. The molecule has 0 saturated carbocycles. The molecule has 0 unspecified atom stereocenters. The molecule has 0 amide bonds. The molecule has 0 bridgehead atoms. The summed E-state index contributed by atoms with van der Waals surface area (Å²) in [5, 5.41) is 19.6. The van der Waals surface area contributed by atoms with Crippen molar-refractivity contribution >= 4 is 11.6 Å². The Morgan fingerprint density at radius 2 is 2.25 bits per heavy atom. The van der Waals surface area contributed by atoms with E-state index in [9.17, 15) is 10.1 Å². The Morgan fingerprint density at radius 3 is 2.83 bits per heavy atom. The van der Waals surface area contributed by atoms with Crippen molar-refractivity contribution in [2.75, 3.05) is 0 Å². The number of benzene rings is 1. The molecule has 0 aliphatic rings. The summed E-state index contributed by atoms with van der Waals surface area (Å²) in [5.41, 5.74) is 0.229. The zero-order chi connectivity index (χ0) is 9.14. The highest BCUT2D eigenvalue weighted by atomic mass is 35.5. The maximum Gasteiger partial charge on any atom is 0.232 e. The van der Waals surface area contributed by atoms with Crippen molar-refractivity contribution in [3.63, 3.8) is 0 Å². The molecule has 1 aromatic carbocycles. The number of rotatable bonds is 2. The second kappa shape index (κ2) is 3.40. The summed E-state index contributed by atoms with van der Waals surface area (Å²) in [6.07, 6.45) is 0. The number of nitrogens with zero attached hydrogens (tertiary/aromatic N) is 1.